The van der Waals surface area contributed by atoms with E-state index in [2.05, 4.69) is 4.90 Å². The number of ketones is 1. The van der Waals surface area contributed by atoms with E-state index in [-0.39, 0.29) is 5.78 Å². The predicted molar refractivity (Wildman–Crippen MR) is 73.7 cm³/mol. The Morgan fingerprint density at radius 3 is 2.68 bits per heavy atom. The first-order valence-electron chi connectivity index (χ1n) is 6.32. The summed E-state index contributed by atoms with van der Waals surface area (Å²) in [5.74, 6) is 0.288. The third-order valence-electron chi connectivity index (χ3n) is 3.36. The molecule has 1 aliphatic rings. The quantitative estimate of drug-likeness (QED) is 0.661. The zero-order valence-electron chi connectivity index (χ0n) is 10.8. The molecule has 1 fully saturated rings. The normalized spacial score (nSPS) is 15.9. The third kappa shape index (κ3) is 2.17. The van der Waals surface area contributed by atoms with E-state index in [1.165, 1.54) is 6.92 Å². The topological polar surface area (TPSA) is 68.7 Å². The number of hydrogen-bond donors (Lipinski definition) is 1. The zero-order chi connectivity index (χ0) is 13.4. The molecule has 5 nitrogen and oxygen atoms in total. The Labute approximate surface area is 110 Å². The van der Waals surface area contributed by atoms with Crippen molar-refractivity contribution in [3.05, 3.63) is 24.0 Å². The van der Waals surface area contributed by atoms with Crippen LogP contribution in [0.3, 0.4) is 0 Å². The summed E-state index contributed by atoms with van der Waals surface area (Å²) >= 11 is 0. The number of carbonyl (C=O) groups is 1. The summed E-state index contributed by atoms with van der Waals surface area (Å²) in [6.45, 7) is 4.56. The molecule has 0 atom stereocenters. The second kappa shape index (κ2) is 4.59. The molecule has 0 bridgehead atoms. The van der Waals surface area contributed by atoms with Crippen molar-refractivity contribution in [2.24, 2.45) is 0 Å². The van der Waals surface area contributed by atoms with Crippen molar-refractivity contribution in [1.82, 2.24) is 0 Å². The van der Waals surface area contributed by atoms with Crippen molar-refractivity contribution < 1.29 is 13.9 Å². The molecule has 1 aliphatic heterocycles. The highest BCUT2D eigenvalue weighted by Crippen LogP contribution is 2.31. The first-order valence-corrected chi connectivity index (χ1v) is 6.32. The standard InChI is InChI=1S/C14H16N2O3/c1-9(17)13-7-10-6-12(11(15)8-14(10)19-13)16-2-4-18-5-3-16/h6-8H,2-5,15H2,1H3. The van der Waals surface area contributed by atoms with Gasteiger partial charge in [-0.15, -0.1) is 0 Å². The van der Waals surface area contributed by atoms with Crippen LogP contribution in [0.1, 0.15) is 17.5 Å². The maximum Gasteiger partial charge on any atom is 0.194 e. The fourth-order valence-corrected chi connectivity index (χ4v) is 2.34. The lowest BCUT2D eigenvalue weighted by molar-refractivity contribution is 0.0989. The molecule has 0 spiro atoms. The van der Waals surface area contributed by atoms with Gasteiger partial charge in [-0.05, 0) is 12.1 Å². The number of hydrogen-bond acceptors (Lipinski definition) is 5. The van der Waals surface area contributed by atoms with Crippen molar-refractivity contribution in [2.75, 3.05) is 36.9 Å². The molecule has 0 radical (unpaired) electrons. The summed E-state index contributed by atoms with van der Waals surface area (Å²) in [7, 11) is 0. The van der Waals surface area contributed by atoms with Crippen LogP contribution in [0.2, 0.25) is 0 Å². The van der Waals surface area contributed by atoms with Gasteiger partial charge in [0.2, 0.25) is 0 Å². The summed E-state index contributed by atoms with van der Waals surface area (Å²) in [6, 6.07) is 5.53. The molecule has 0 saturated carbocycles. The number of nitrogens with two attached hydrogens (primary N) is 1. The van der Waals surface area contributed by atoms with Gasteiger partial charge < -0.3 is 19.8 Å². The fraction of sp³-hybridized carbons (Fsp3) is 0.357. The molecule has 1 aromatic carbocycles. The van der Waals surface area contributed by atoms with Crippen LogP contribution in [0, 0.1) is 0 Å². The second-order valence-electron chi connectivity index (χ2n) is 4.72. The molecule has 1 saturated heterocycles. The smallest absolute Gasteiger partial charge is 0.194 e. The second-order valence-corrected chi connectivity index (χ2v) is 4.72. The Morgan fingerprint density at radius 2 is 2.00 bits per heavy atom. The van der Waals surface area contributed by atoms with E-state index in [0.717, 1.165) is 24.2 Å². The third-order valence-corrected chi connectivity index (χ3v) is 3.36. The minimum atomic E-state index is -0.0808. The van der Waals surface area contributed by atoms with Gasteiger partial charge in [0.25, 0.3) is 0 Å². The number of furan rings is 1. The van der Waals surface area contributed by atoms with Crippen LogP contribution >= 0.6 is 0 Å². The minimum Gasteiger partial charge on any atom is -0.453 e. The van der Waals surface area contributed by atoms with E-state index < -0.39 is 0 Å². The van der Waals surface area contributed by atoms with Gasteiger partial charge in [0.15, 0.2) is 11.5 Å². The lowest BCUT2D eigenvalue weighted by Crippen LogP contribution is -2.36. The lowest BCUT2D eigenvalue weighted by Gasteiger charge is -2.29. The number of rotatable bonds is 2. The molecule has 0 amide bonds. The number of fused-ring (bicyclic) bond motifs is 1. The molecule has 0 unspecified atom stereocenters. The van der Waals surface area contributed by atoms with Crippen LogP contribution in [0.25, 0.3) is 11.0 Å². The van der Waals surface area contributed by atoms with Crippen molar-refractivity contribution >= 4 is 28.1 Å². The van der Waals surface area contributed by atoms with Crippen LogP contribution in [-0.2, 0) is 4.74 Å². The Kier molecular flexibility index (Phi) is 2.91. The van der Waals surface area contributed by atoms with Gasteiger partial charge >= 0.3 is 0 Å². The highest BCUT2D eigenvalue weighted by molar-refractivity contribution is 5.98. The van der Waals surface area contributed by atoms with Gasteiger partial charge in [-0.3, -0.25) is 4.79 Å². The molecule has 2 N–H and O–H groups in total. The van der Waals surface area contributed by atoms with E-state index >= 15 is 0 Å². The number of Topliss-reactive ketones (excluding diaryl/α,β-unsaturated/α-hetero) is 1. The van der Waals surface area contributed by atoms with Crippen LogP contribution < -0.4 is 10.6 Å². The SMILES string of the molecule is CC(=O)c1cc2cc(N3CCOCC3)c(N)cc2o1. The van der Waals surface area contributed by atoms with Crippen LogP contribution in [-0.4, -0.2) is 32.1 Å². The monoisotopic (exact) mass is 260 g/mol. The highest BCUT2D eigenvalue weighted by Gasteiger charge is 2.16. The molecule has 0 aliphatic carbocycles. The number of benzene rings is 1. The van der Waals surface area contributed by atoms with Crippen molar-refractivity contribution in [3.8, 4) is 0 Å². The van der Waals surface area contributed by atoms with Crippen molar-refractivity contribution in [1.29, 1.82) is 0 Å². The van der Waals surface area contributed by atoms with E-state index in [0.29, 0.717) is 30.2 Å². The number of anilines is 2. The summed E-state index contributed by atoms with van der Waals surface area (Å²) in [4.78, 5) is 13.5. The van der Waals surface area contributed by atoms with E-state index in [9.17, 15) is 4.79 Å². The predicted octanol–water partition coefficient (Wildman–Crippen LogP) is 2.05. The average Bonchev–Trinajstić information content (AvgIpc) is 2.82. The van der Waals surface area contributed by atoms with Gasteiger partial charge in [0.1, 0.15) is 5.58 Å². The molecule has 5 heteroatoms. The minimum absolute atomic E-state index is 0.0808. The Morgan fingerprint density at radius 1 is 1.26 bits per heavy atom. The van der Waals surface area contributed by atoms with Crippen molar-refractivity contribution in [2.45, 2.75) is 6.92 Å². The van der Waals surface area contributed by atoms with Gasteiger partial charge in [-0.1, -0.05) is 0 Å². The van der Waals surface area contributed by atoms with Crippen LogP contribution in [0.15, 0.2) is 22.6 Å². The number of nitrogen functional groups attached to an aromatic ring is 1. The van der Waals surface area contributed by atoms with E-state index in [1.54, 1.807) is 12.1 Å². The van der Waals surface area contributed by atoms with Crippen LogP contribution in [0.5, 0.6) is 0 Å². The highest BCUT2D eigenvalue weighted by atomic mass is 16.5. The summed E-state index contributed by atoms with van der Waals surface area (Å²) < 4.78 is 10.8. The van der Waals surface area contributed by atoms with Gasteiger partial charge in [0, 0.05) is 31.5 Å². The molecule has 19 heavy (non-hydrogen) atoms. The summed E-state index contributed by atoms with van der Waals surface area (Å²) in [5.41, 5.74) is 8.37. The van der Waals surface area contributed by atoms with Gasteiger partial charge in [-0.2, -0.15) is 0 Å². The molecule has 3 rings (SSSR count). The lowest BCUT2D eigenvalue weighted by atomic mass is 10.1. The number of ether oxygens (including phenoxy) is 1. The van der Waals surface area contributed by atoms with E-state index in [1.807, 2.05) is 6.07 Å². The van der Waals surface area contributed by atoms with Crippen LogP contribution in [0.4, 0.5) is 11.4 Å². The first-order chi connectivity index (χ1) is 9.15. The molecule has 1 aromatic heterocycles. The largest absolute Gasteiger partial charge is 0.453 e. The number of nitrogens with zero attached hydrogens (tertiary/aromatic N) is 1. The molecular formula is C14H16N2O3. The van der Waals surface area contributed by atoms with E-state index in [4.69, 9.17) is 14.9 Å². The molecule has 2 aromatic rings. The maximum atomic E-state index is 11.3. The Hall–Kier alpha value is -2.01. The fourth-order valence-electron chi connectivity index (χ4n) is 2.34. The van der Waals surface area contributed by atoms with Gasteiger partial charge in [-0.25, -0.2) is 0 Å². The average molecular weight is 260 g/mol. The molecule has 2 heterocycles. The number of carbonyl (C=O) groups excluding carboxylic acids is 1. The Bertz CT molecular complexity index is 627. The van der Waals surface area contributed by atoms with Crippen molar-refractivity contribution in [3.63, 3.8) is 0 Å². The first kappa shape index (κ1) is 12.0. The summed E-state index contributed by atoms with van der Waals surface area (Å²) in [5, 5.41) is 0.904. The van der Waals surface area contributed by atoms with Gasteiger partial charge in [0.05, 0.1) is 24.6 Å². The summed E-state index contributed by atoms with van der Waals surface area (Å²) in [6.07, 6.45) is 0. The zero-order valence-corrected chi connectivity index (χ0v) is 10.8. The maximum absolute atomic E-state index is 11.3. The Balaban J connectivity index is 2.04. The molecular weight excluding hydrogens is 244 g/mol. The number of morpholine rings is 1. The molecule has 100 valence electrons.